The summed E-state index contributed by atoms with van der Waals surface area (Å²) >= 11 is 0. The van der Waals surface area contributed by atoms with E-state index in [0.29, 0.717) is 0 Å². The van der Waals surface area contributed by atoms with Crippen LogP contribution >= 0.6 is 0 Å². The first-order chi connectivity index (χ1) is 6.71. The zero-order valence-corrected chi connectivity index (χ0v) is 9.83. The van der Waals surface area contributed by atoms with E-state index in [1.807, 2.05) is 0 Å². The van der Waals surface area contributed by atoms with Gasteiger partial charge in [-0.3, -0.25) is 0 Å². The van der Waals surface area contributed by atoms with Gasteiger partial charge in [-0.1, -0.05) is 72.0 Å². The Morgan fingerprint density at radius 2 is 1.79 bits per heavy atom. The highest BCUT2D eigenvalue weighted by molar-refractivity contribution is 6.96. The minimum Gasteiger partial charge on any atom is -0.0811 e. The molecule has 0 unspecified atom stereocenters. The summed E-state index contributed by atoms with van der Waals surface area (Å²) in [6, 6.07) is 10.9. The number of allylic oxidation sites excluding steroid dienone is 4. The Morgan fingerprint density at radius 3 is 2.36 bits per heavy atom. The maximum atomic E-state index is 2.42. The van der Waals surface area contributed by atoms with Crippen molar-refractivity contribution in [2.75, 3.05) is 0 Å². The van der Waals surface area contributed by atoms with Gasteiger partial charge in [0.05, 0.1) is 0 Å². The van der Waals surface area contributed by atoms with Crippen molar-refractivity contribution < 1.29 is 0 Å². The SMILES string of the molecule is C[Si](C)(C1=CCC=C1)c1ccccc1. The van der Waals surface area contributed by atoms with Crippen LogP contribution in [0, 0.1) is 0 Å². The highest BCUT2D eigenvalue weighted by Crippen LogP contribution is 2.21. The lowest BCUT2D eigenvalue weighted by Crippen LogP contribution is -2.42. The Balaban J connectivity index is 2.37. The fraction of sp³-hybridized carbons (Fsp3) is 0.231. The largest absolute Gasteiger partial charge is 0.111 e. The number of hydrogen-bond donors (Lipinski definition) is 0. The van der Waals surface area contributed by atoms with Crippen LogP contribution in [0.1, 0.15) is 6.42 Å². The first-order valence-corrected chi connectivity index (χ1v) is 8.14. The van der Waals surface area contributed by atoms with E-state index in [1.165, 1.54) is 5.19 Å². The van der Waals surface area contributed by atoms with Gasteiger partial charge < -0.3 is 0 Å². The van der Waals surface area contributed by atoms with Gasteiger partial charge in [0, 0.05) is 0 Å². The van der Waals surface area contributed by atoms with Gasteiger partial charge in [-0.25, -0.2) is 0 Å². The lowest BCUT2D eigenvalue weighted by atomic mass is 10.4. The topological polar surface area (TPSA) is 0 Å². The van der Waals surface area contributed by atoms with Gasteiger partial charge in [-0.05, 0) is 6.42 Å². The van der Waals surface area contributed by atoms with Crippen molar-refractivity contribution in [3.8, 4) is 0 Å². The fourth-order valence-electron chi connectivity index (χ4n) is 1.94. The first kappa shape index (κ1) is 9.47. The lowest BCUT2D eigenvalue weighted by molar-refractivity contribution is 1.44. The molecule has 0 aromatic heterocycles. The highest BCUT2D eigenvalue weighted by Gasteiger charge is 2.27. The predicted molar refractivity (Wildman–Crippen MR) is 65.4 cm³/mol. The second-order valence-electron chi connectivity index (χ2n) is 4.29. The summed E-state index contributed by atoms with van der Waals surface area (Å²) in [6.45, 7) is 4.84. The fourth-order valence-corrected chi connectivity index (χ4v) is 4.46. The van der Waals surface area contributed by atoms with Crippen LogP contribution in [0.5, 0.6) is 0 Å². The molecule has 1 aliphatic carbocycles. The van der Waals surface area contributed by atoms with Crippen LogP contribution in [-0.2, 0) is 0 Å². The van der Waals surface area contributed by atoms with Gasteiger partial charge in [-0.15, -0.1) is 0 Å². The molecule has 0 bridgehead atoms. The van der Waals surface area contributed by atoms with Gasteiger partial charge in [0.25, 0.3) is 0 Å². The lowest BCUT2D eigenvalue weighted by Gasteiger charge is -2.23. The summed E-state index contributed by atoms with van der Waals surface area (Å²) in [5.41, 5.74) is 0. The average Bonchev–Trinajstić information content (AvgIpc) is 2.72. The Morgan fingerprint density at radius 1 is 1.07 bits per heavy atom. The third kappa shape index (κ3) is 1.60. The summed E-state index contributed by atoms with van der Waals surface area (Å²) in [7, 11) is -1.37. The highest BCUT2D eigenvalue weighted by atomic mass is 28.3. The molecule has 1 aromatic rings. The first-order valence-electron chi connectivity index (χ1n) is 5.14. The van der Waals surface area contributed by atoms with Crippen molar-refractivity contribution >= 4 is 13.3 Å². The Hall–Kier alpha value is -1.08. The molecule has 0 nitrogen and oxygen atoms in total. The normalized spacial score (nSPS) is 15.7. The van der Waals surface area contributed by atoms with E-state index in [4.69, 9.17) is 0 Å². The van der Waals surface area contributed by atoms with Gasteiger partial charge in [0.2, 0.25) is 0 Å². The van der Waals surface area contributed by atoms with Gasteiger partial charge in [0.15, 0.2) is 0 Å². The van der Waals surface area contributed by atoms with Crippen LogP contribution in [0.4, 0.5) is 0 Å². The van der Waals surface area contributed by atoms with E-state index in [1.54, 1.807) is 5.20 Å². The molecular formula is C13H16Si. The zero-order chi connectivity index (χ0) is 10.0. The summed E-state index contributed by atoms with van der Waals surface area (Å²) in [6.07, 6.45) is 8.06. The van der Waals surface area contributed by atoms with Crippen molar-refractivity contribution in [1.82, 2.24) is 0 Å². The van der Waals surface area contributed by atoms with Gasteiger partial charge in [0.1, 0.15) is 8.07 Å². The van der Waals surface area contributed by atoms with E-state index >= 15 is 0 Å². The molecule has 14 heavy (non-hydrogen) atoms. The molecule has 1 heteroatoms. The molecule has 0 N–H and O–H groups in total. The zero-order valence-electron chi connectivity index (χ0n) is 8.83. The molecule has 0 fully saturated rings. The molecule has 0 saturated heterocycles. The molecule has 2 rings (SSSR count). The Bertz CT molecular complexity index is 371. The molecule has 0 radical (unpaired) electrons. The molecule has 0 saturated carbocycles. The summed E-state index contributed by atoms with van der Waals surface area (Å²) in [5.74, 6) is 0. The van der Waals surface area contributed by atoms with E-state index < -0.39 is 8.07 Å². The van der Waals surface area contributed by atoms with E-state index in [-0.39, 0.29) is 0 Å². The minimum atomic E-state index is -1.37. The Kier molecular flexibility index (Phi) is 2.42. The second kappa shape index (κ2) is 3.58. The average molecular weight is 200 g/mol. The van der Waals surface area contributed by atoms with Crippen LogP contribution in [-0.4, -0.2) is 8.07 Å². The number of hydrogen-bond acceptors (Lipinski definition) is 0. The molecule has 0 atom stereocenters. The smallest absolute Gasteiger partial charge is 0.0811 e. The molecule has 0 aliphatic heterocycles. The third-order valence-corrected chi connectivity index (χ3v) is 6.58. The molecule has 0 amide bonds. The summed E-state index contributed by atoms with van der Waals surface area (Å²) in [5, 5.41) is 3.10. The van der Waals surface area contributed by atoms with Crippen LogP contribution in [0.15, 0.2) is 53.8 Å². The van der Waals surface area contributed by atoms with Crippen LogP contribution in [0.2, 0.25) is 13.1 Å². The monoisotopic (exact) mass is 200 g/mol. The standard InChI is InChI=1S/C13H16Si/c1-14(2,13-10-6-7-11-13)12-8-4-3-5-9-12/h3-6,8-11H,7H2,1-2H3. The minimum absolute atomic E-state index is 1.12. The molecule has 72 valence electrons. The maximum Gasteiger partial charge on any atom is 0.111 e. The van der Waals surface area contributed by atoms with Gasteiger partial charge in [-0.2, -0.15) is 0 Å². The quantitative estimate of drug-likeness (QED) is 0.644. The van der Waals surface area contributed by atoms with E-state index in [2.05, 4.69) is 61.7 Å². The van der Waals surface area contributed by atoms with Crippen molar-refractivity contribution in [1.29, 1.82) is 0 Å². The molecule has 1 aromatic carbocycles. The Labute approximate surface area is 87.0 Å². The number of benzene rings is 1. The van der Waals surface area contributed by atoms with Crippen molar-refractivity contribution in [3.63, 3.8) is 0 Å². The van der Waals surface area contributed by atoms with Crippen molar-refractivity contribution in [3.05, 3.63) is 53.8 Å². The van der Waals surface area contributed by atoms with Gasteiger partial charge >= 0.3 is 0 Å². The molecule has 0 heterocycles. The second-order valence-corrected chi connectivity index (χ2v) is 8.69. The summed E-state index contributed by atoms with van der Waals surface area (Å²) < 4.78 is 0. The summed E-state index contributed by atoms with van der Waals surface area (Å²) in [4.78, 5) is 0. The molecule has 1 aliphatic rings. The van der Waals surface area contributed by atoms with Crippen LogP contribution in [0.25, 0.3) is 0 Å². The van der Waals surface area contributed by atoms with E-state index in [0.717, 1.165) is 6.42 Å². The van der Waals surface area contributed by atoms with Crippen LogP contribution < -0.4 is 5.19 Å². The van der Waals surface area contributed by atoms with Crippen molar-refractivity contribution in [2.24, 2.45) is 0 Å². The maximum absolute atomic E-state index is 2.42. The van der Waals surface area contributed by atoms with Crippen LogP contribution in [0.3, 0.4) is 0 Å². The molecule has 0 spiro atoms. The third-order valence-electron chi connectivity index (χ3n) is 2.99. The van der Waals surface area contributed by atoms with E-state index in [9.17, 15) is 0 Å². The number of rotatable bonds is 2. The predicted octanol–water partition coefficient (Wildman–Crippen LogP) is 3.03. The van der Waals surface area contributed by atoms with Crippen molar-refractivity contribution in [2.45, 2.75) is 19.5 Å². The molecular weight excluding hydrogens is 184 g/mol.